The standard InChI is InChI=1S/C49H35NO/c1-49(2)44-20-12-11-18-39(44)40-27-26-37(30-45(40)49)50(35-15-7-4-8-16-35)36-24-21-32(22-25-36)34-23-28-46-43(29-34)48-41-19-10-9-17-38(41)42(31-47(48)51-46)33-13-5-3-6-14-33/h3-31H,1-2H3. The van der Waals surface area contributed by atoms with E-state index in [9.17, 15) is 0 Å². The van der Waals surface area contributed by atoms with E-state index < -0.39 is 0 Å². The minimum Gasteiger partial charge on any atom is -0.456 e. The van der Waals surface area contributed by atoms with E-state index in [0.29, 0.717) is 0 Å². The van der Waals surface area contributed by atoms with Crippen molar-refractivity contribution in [2.45, 2.75) is 19.3 Å². The monoisotopic (exact) mass is 653 g/mol. The summed E-state index contributed by atoms with van der Waals surface area (Å²) in [6, 6.07) is 63.5. The third-order valence-electron chi connectivity index (χ3n) is 10.9. The summed E-state index contributed by atoms with van der Waals surface area (Å²) in [4.78, 5) is 2.37. The number of nitrogens with zero attached hydrogens (tertiary/aromatic N) is 1. The second-order valence-corrected chi connectivity index (χ2v) is 14.1. The van der Waals surface area contributed by atoms with Gasteiger partial charge in [0.2, 0.25) is 0 Å². The molecule has 0 saturated carbocycles. The molecule has 0 saturated heterocycles. The molecule has 1 heterocycles. The molecule has 0 radical (unpaired) electrons. The maximum Gasteiger partial charge on any atom is 0.136 e. The van der Waals surface area contributed by atoms with Gasteiger partial charge in [0.1, 0.15) is 11.2 Å². The van der Waals surface area contributed by atoms with E-state index in [4.69, 9.17) is 4.42 Å². The Labute approximate surface area is 297 Å². The van der Waals surface area contributed by atoms with Crippen LogP contribution in [-0.2, 0) is 5.41 Å². The molecule has 0 aliphatic heterocycles. The molecule has 242 valence electrons. The zero-order valence-corrected chi connectivity index (χ0v) is 28.6. The molecule has 0 N–H and O–H groups in total. The van der Waals surface area contributed by atoms with Crippen molar-refractivity contribution in [1.29, 1.82) is 0 Å². The van der Waals surface area contributed by atoms with Crippen molar-refractivity contribution in [3.05, 3.63) is 187 Å². The first-order chi connectivity index (χ1) is 25.0. The van der Waals surface area contributed by atoms with Crippen LogP contribution in [-0.4, -0.2) is 0 Å². The van der Waals surface area contributed by atoms with E-state index in [1.54, 1.807) is 0 Å². The van der Waals surface area contributed by atoms with E-state index >= 15 is 0 Å². The average Bonchev–Trinajstić information content (AvgIpc) is 3.67. The van der Waals surface area contributed by atoms with Crippen molar-refractivity contribution in [2.24, 2.45) is 0 Å². The molecule has 51 heavy (non-hydrogen) atoms. The molecular formula is C49H35NO. The van der Waals surface area contributed by atoms with Crippen molar-refractivity contribution >= 4 is 49.8 Å². The summed E-state index contributed by atoms with van der Waals surface area (Å²) in [6.45, 7) is 4.68. The van der Waals surface area contributed by atoms with E-state index in [1.807, 2.05) is 0 Å². The highest BCUT2D eigenvalue weighted by Gasteiger charge is 2.35. The smallest absolute Gasteiger partial charge is 0.136 e. The molecule has 0 unspecified atom stereocenters. The maximum absolute atomic E-state index is 6.52. The molecule has 9 aromatic rings. The van der Waals surface area contributed by atoms with Gasteiger partial charge in [0.05, 0.1) is 0 Å². The van der Waals surface area contributed by atoms with Gasteiger partial charge < -0.3 is 9.32 Å². The molecule has 0 spiro atoms. The fourth-order valence-electron chi connectivity index (χ4n) is 8.34. The lowest BCUT2D eigenvalue weighted by molar-refractivity contribution is 0.660. The number of rotatable bonds is 5. The topological polar surface area (TPSA) is 16.4 Å². The summed E-state index contributed by atoms with van der Waals surface area (Å²) in [5.74, 6) is 0. The second kappa shape index (κ2) is 11.3. The molecule has 1 aromatic heterocycles. The minimum atomic E-state index is -0.0709. The van der Waals surface area contributed by atoms with Gasteiger partial charge in [0.15, 0.2) is 0 Å². The van der Waals surface area contributed by atoms with Gasteiger partial charge >= 0.3 is 0 Å². The summed E-state index contributed by atoms with van der Waals surface area (Å²) in [5.41, 5.74) is 15.3. The third kappa shape index (κ3) is 4.64. The summed E-state index contributed by atoms with van der Waals surface area (Å²) in [5, 5.41) is 4.73. The summed E-state index contributed by atoms with van der Waals surface area (Å²) >= 11 is 0. The maximum atomic E-state index is 6.52. The van der Waals surface area contributed by atoms with E-state index in [-0.39, 0.29) is 5.41 Å². The molecule has 10 rings (SSSR count). The van der Waals surface area contributed by atoms with Crippen LogP contribution in [0.4, 0.5) is 17.1 Å². The first kappa shape index (κ1) is 29.5. The fourth-order valence-corrected chi connectivity index (χ4v) is 8.34. The van der Waals surface area contributed by atoms with Crippen molar-refractivity contribution in [1.82, 2.24) is 0 Å². The molecule has 0 fully saturated rings. The van der Waals surface area contributed by atoms with Gasteiger partial charge in [-0.15, -0.1) is 0 Å². The number of benzene rings is 8. The number of furan rings is 1. The predicted molar refractivity (Wildman–Crippen MR) is 214 cm³/mol. The Balaban J connectivity index is 1.06. The molecule has 2 nitrogen and oxygen atoms in total. The van der Waals surface area contributed by atoms with Crippen LogP contribution < -0.4 is 4.90 Å². The number of hydrogen-bond acceptors (Lipinski definition) is 2. The Morgan fingerprint density at radius 1 is 0.392 bits per heavy atom. The van der Waals surface area contributed by atoms with Crippen LogP contribution in [0.15, 0.2) is 180 Å². The van der Waals surface area contributed by atoms with E-state index in [0.717, 1.165) is 44.6 Å². The molecular weight excluding hydrogens is 619 g/mol. The highest BCUT2D eigenvalue weighted by molar-refractivity contribution is 6.22. The lowest BCUT2D eigenvalue weighted by atomic mass is 9.82. The number of hydrogen-bond donors (Lipinski definition) is 0. The van der Waals surface area contributed by atoms with Gasteiger partial charge in [0.25, 0.3) is 0 Å². The van der Waals surface area contributed by atoms with Crippen LogP contribution in [0, 0.1) is 0 Å². The Kier molecular flexibility index (Phi) is 6.56. The zero-order valence-electron chi connectivity index (χ0n) is 28.6. The van der Waals surface area contributed by atoms with Crippen LogP contribution >= 0.6 is 0 Å². The molecule has 1 aliphatic rings. The number of fused-ring (bicyclic) bond motifs is 8. The van der Waals surface area contributed by atoms with Crippen LogP contribution in [0.25, 0.3) is 66.1 Å². The number of para-hydroxylation sites is 1. The first-order valence-corrected chi connectivity index (χ1v) is 17.7. The van der Waals surface area contributed by atoms with Crippen molar-refractivity contribution < 1.29 is 4.42 Å². The lowest BCUT2D eigenvalue weighted by Crippen LogP contribution is -2.16. The SMILES string of the molecule is CC1(C)c2ccccc2-c2ccc(N(c3ccccc3)c3ccc(-c4ccc5oc6cc(-c7ccccc7)c7ccccc7c6c5c4)cc3)cc21. The highest BCUT2D eigenvalue weighted by Crippen LogP contribution is 2.50. The fraction of sp³-hybridized carbons (Fsp3) is 0.0612. The zero-order chi connectivity index (χ0) is 34.1. The van der Waals surface area contributed by atoms with Gasteiger partial charge in [-0.2, -0.15) is 0 Å². The Hall–Kier alpha value is -6.38. The van der Waals surface area contributed by atoms with Crippen LogP contribution in [0.5, 0.6) is 0 Å². The van der Waals surface area contributed by atoms with Gasteiger partial charge in [-0.1, -0.05) is 135 Å². The minimum absolute atomic E-state index is 0.0709. The lowest BCUT2D eigenvalue weighted by Gasteiger charge is -2.28. The van der Waals surface area contributed by atoms with Crippen LogP contribution in [0.2, 0.25) is 0 Å². The molecule has 2 heteroatoms. The van der Waals surface area contributed by atoms with Crippen molar-refractivity contribution in [3.8, 4) is 33.4 Å². The summed E-state index contributed by atoms with van der Waals surface area (Å²) < 4.78 is 6.52. The van der Waals surface area contributed by atoms with E-state index in [1.165, 1.54) is 49.7 Å². The normalized spacial score (nSPS) is 13.1. The Morgan fingerprint density at radius 3 is 1.82 bits per heavy atom. The highest BCUT2D eigenvalue weighted by atomic mass is 16.3. The molecule has 0 amide bonds. The van der Waals surface area contributed by atoms with Gasteiger partial charge in [-0.05, 0) is 110 Å². The summed E-state index contributed by atoms with van der Waals surface area (Å²) in [6.07, 6.45) is 0. The Bertz CT molecular complexity index is 2760. The third-order valence-corrected chi connectivity index (χ3v) is 10.9. The number of anilines is 3. The van der Waals surface area contributed by atoms with Crippen LogP contribution in [0.1, 0.15) is 25.0 Å². The summed E-state index contributed by atoms with van der Waals surface area (Å²) in [7, 11) is 0. The Morgan fingerprint density at radius 2 is 1.02 bits per heavy atom. The van der Waals surface area contributed by atoms with Gasteiger partial charge in [0, 0.05) is 33.2 Å². The largest absolute Gasteiger partial charge is 0.456 e. The second-order valence-electron chi connectivity index (χ2n) is 14.1. The molecule has 0 atom stereocenters. The molecule has 0 bridgehead atoms. The predicted octanol–water partition coefficient (Wildman–Crippen LogP) is 13.8. The quantitative estimate of drug-likeness (QED) is 0.184. The van der Waals surface area contributed by atoms with Gasteiger partial charge in [-0.3, -0.25) is 0 Å². The average molecular weight is 654 g/mol. The van der Waals surface area contributed by atoms with Crippen LogP contribution in [0.3, 0.4) is 0 Å². The molecule has 1 aliphatic carbocycles. The first-order valence-electron chi connectivity index (χ1n) is 17.7. The van der Waals surface area contributed by atoms with Crippen molar-refractivity contribution in [2.75, 3.05) is 4.90 Å². The van der Waals surface area contributed by atoms with Gasteiger partial charge in [-0.25, -0.2) is 0 Å². The molecule has 8 aromatic carbocycles. The van der Waals surface area contributed by atoms with Crippen molar-refractivity contribution in [3.63, 3.8) is 0 Å². The van der Waals surface area contributed by atoms with E-state index in [2.05, 4.69) is 195 Å².